The summed E-state index contributed by atoms with van der Waals surface area (Å²) in [6, 6.07) is 13.2. The molecule has 3 aromatic rings. The van der Waals surface area contributed by atoms with Gasteiger partial charge in [-0.25, -0.2) is 13.8 Å². The first-order valence-electron chi connectivity index (χ1n) is 6.64. The van der Waals surface area contributed by atoms with E-state index < -0.39 is 11.6 Å². The zero-order valence-electron chi connectivity index (χ0n) is 11.2. The van der Waals surface area contributed by atoms with Gasteiger partial charge in [-0.05, 0) is 24.1 Å². The van der Waals surface area contributed by atoms with Crippen LogP contribution in [-0.2, 0) is 6.42 Å². The summed E-state index contributed by atoms with van der Waals surface area (Å²) < 4.78 is 27.4. The molecule has 0 aliphatic heterocycles. The van der Waals surface area contributed by atoms with Gasteiger partial charge in [0.2, 0.25) is 0 Å². The van der Waals surface area contributed by atoms with Crippen LogP contribution in [0.4, 0.5) is 8.78 Å². The predicted molar refractivity (Wildman–Crippen MR) is 77.9 cm³/mol. The molecule has 0 saturated carbocycles. The van der Waals surface area contributed by atoms with Crippen molar-refractivity contribution in [3.05, 3.63) is 65.7 Å². The van der Waals surface area contributed by atoms with Crippen LogP contribution >= 0.6 is 0 Å². The lowest BCUT2D eigenvalue weighted by atomic mass is 10.0. The molecule has 0 aliphatic rings. The van der Waals surface area contributed by atoms with E-state index in [0.29, 0.717) is 23.1 Å². The fraction of sp³-hybridized carbons (Fsp3) is 0.118. The number of aromatic nitrogens is 1. The van der Waals surface area contributed by atoms with Crippen molar-refractivity contribution in [2.45, 2.75) is 6.42 Å². The minimum atomic E-state index is -0.693. The monoisotopic (exact) mass is 285 g/mol. The Morgan fingerprint density at radius 2 is 1.76 bits per heavy atom. The molecular weight excluding hydrogens is 272 g/mol. The van der Waals surface area contributed by atoms with Gasteiger partial charge in [0, 0.05) is 23.6 Å². The van der Waals surface area contributed by atoms with Crippen LogP contribution in [0, 0.1) is 11.6 Å². The molecule has 3 rings (SSSR count). The van der Waals surface area contributed by atoms with E-state index in [1.54, 1.807) is 6.07 Å². The highest BCUT2D eigenvalue weighted by molar-refractivity contribution is 5.85. The molecule has 2 aromatic carbocycles. The van der Waals surface area contributed by atoms with Crippen LogP contribution in [0.15, 0.2) is 48.5 Å². The number of nitrogens with zero attached hydrogens (tertiary/aromatic N) is 1. The van der Waals surface area contributed by atoms with Crippen molar-refractivity contribution in [2.24, 2.45) is 0 Å². The van der Waals surface area contributed by atoms with Gasteiger partial charge in [-0.15, -0.1) is 0 Å². The number of halogens is 2. The zero-order valence-corrected chi connectivity index (χ0v) is 11.2. The van der Waals surface area contributed by atoms with Gasteiger partial charge in [-0.2, -0.15) is 0 Å². The van der Waals surface area contributed by atoms with Crippen molar-refractivity contribution in [2.75, 3.05) is 6.61 Å². The van der Waals surface area contributed by atoms with E-state index in [4.69, 9.17) is 0 Å². The van der Waals surface area contributed by atoms with E-state index in [9.17, 15) is 13.9 Å². The number of fused-ring (bicyclic) bond motifs is 1. The Morgan fingerprint density at radius 1 is 1.00 bits per heavy atom. The second-order valence-electron chi connectivity index (χ2n) is 4.79. The van der Waals surface area contributed by atoms with E-state index in [0.717, 1.165) is 11.6 Å². The third-order valence-electron chi connectivity index (χ3n) is 3.37. The van der Waals surface area contributed by atoms with Crippen molar-refractivity contribution in [3.8, 4) is 11.3 Å². The number of hydrogen-bond acceptors (Lipinski definition) is 2. The summed E-state index contributed by atoms with van der Waals surface area (Å²) in [6.07, 6.45) is 0.321. The highest BCUT2D eigenvalue weighted by Crippen LogP contribution is 2.27. The Kier molecular flexibility index (Phi) is 3.62. The van der Waals surface area contributed by atoms with E-state index in [1.807, 2.05) is 30.3 Å². The van der Waals surface area contributed by atoms with Crippen LogP contribution in [0.5, 0.6) is 0 Å². The first-order chi connectivity index (χ1) is 10.2. The van der Waals surface area contributed by atoms with Gasteiger partial charge in [-0.1, -0.05) is 30.3 Å². The molecule has 0 radical (unpaired) electrons. The quantitative estimate of drug-likeness (QED) is 0.795. The van der Waals surface area contributed by atoms with Gasteiger partial charge < -0.3 is 5.11 Å². The topological polar surface area (TPSA) is 33.1 Å². The molecule has 1 aromatic heterocycles. The fourth-order valence-corrected chi connectivity index (χ4v) is 2.40. The Morgan fingerprint density at radius 3 is 2.48 bits per heavy atom. The maximum absolute atomic E-state index is 14.0. The molecule has 0 saturated heterocycles. The Labute approximate surface area is 120 Å². The lowest BCUT2D eigenvalue weighted by Gasteiger charge is -2.10. The van der Waals surface area contributed by atoms with E-state index in [2.05, 4.69) is 4.98 Å². The molecule has 0 amide bonds. The maximum atomic E-state index is 14.0. The van der Waals surface area contributed by atoms with E-state index in [-0.39, 0.29) is 12.1 Å². The van der Waals surface area contributed by atoms with Crippen molar-refractivity contribution in [1.82, 2.24) is 4.98 Å². The van der Waals surface area contributed by atoms with Crippen molar-refractivity contribution >= 4 is 10.9 Å². The zero-order chi connectivity index (χ0) is 14.8. The standard InChI is InChI=1S/C17H13F2NO/c18-13-9-14-12(6-7-21)8-16(11-4-2-1-3-5-11)20-17(14)15(19)10-13/h1-5,8-10,21H,6-7H2. The molecule has 21 heavy (non-hydrogen) atoms. The molecule has 1 N–H and O–H groups in total. The van der Waals surface area contributed by atoms with Crippen LogP contribution in [0.3, 0.4) is 0 Å². The molecule has 0 bridgehead atoms. The summed E-state index contributed by atoms with van der Waals surface area (Å²) in [5, 5.41) is 9.58. The average molecular weight is 285 g/mol. The second kappa shape index (κ2) is 5.58. The summed E-state index contributed by atoms with van der Waals surface area (Å²) in [5.41, 5.74) is 2.26. The van der Waals surface area contributed by atoms with Crippen LogP contribution in [-0.4, -0.2) is 16.7 Å². The number of aliphatic hydroxyl groups excluding tert-OH is 1. The third kappa shape index (κ3) is 2.62. The van der Waals surface area contributed by atoms with Gasteiger partial charge in [-0.3, -0.25) is 0 Å². The summed E-state index contributed by atoms with van der Waals surface area (Å²) in [5.74, 6) is -1.34. The number of pyridine rings is 1. The molecule has 0 fully saturated rings. The SMILES string of the molecule is OCCc1cc(-c2ccccc2)nc2c(F)cc(F)cc12. The Bertz CT molecular complexity index is 788. The lowest BCUT2D eigenvalue weighted by molar-refractivity contribution is 0.300. The van der Waals surface area contributed by atoms with Crippen molar-refractivity contribution in [3.63, 3.8) is 0 Å². The number of benzene rings is 2. The van der Waals surface area contributed by atoms with E-state index >= 15 is 0 Å². The highest BCUT2D eigenvalue weighted by atomic mass is 19.1. The lowest BCUT2D eigenvalue weighted by Crippen LogP contribution is -1.98. The number of hydrogen-bond donors (Lipinski definition) is 1. The van der Waals surface area contributed by atoms with Gasteiger partial charge in [0.05, 0.1) is 5.69 Å². The van der Waals surface area contributed by atoms with Crippen molar-refractivity contribution < 1.29 is 13.9 Å². The second-order valence-corrected chi connectivity index (χ2v) is 4.79. The van der Waals surface area contributed by atoms with Crippen LogP contribution in [0.25, 0.3) is 22.2 Å². The smallest absolute Gasteiger partial charge is 0.152 e. The van der Waals surface area contributed by atoms with Crippen LogP contribution in [0.1, 0.15) is 5.56 Å². The molecule has 0 unspecified atom stereocenters. The minimum Gasteiger partial charge on any atom is -0.396 e. The molecule has 2 nitrogen and oxygen atoms in total. The van der Waals surface area contributed by atoms with Gasteiger partial charge in [0.1, 0.15) is 11.3 Å². The summed E-state index contributed by atoms with van der Waals surface area (Å²) >= 11 is 0. The molecule has 106 valence electrons. The summed E-state index contributed by atoms with van der Waals surface area (Å²) in [4.78, 5) is 4.31. The summed E-state index contributed by atoms with van der Waals surface area (Å²) in [6.45, 7) is -0.0918. The molecular formula is C17H13F2NO. The van der Waals surface area contributed by atoms with Crippen molar-refractivity contribution in [1.29, 1.82) is 0 Å². The average Bonchev–Trinajstić information content (AvgIpc) is 2.49. The third-order valence-corrected chi connectivity index (χ3v) is 3.37. The number of aliphatic hydroxyl groups is 1. The maximum Gasteiger partial charge on any atom is 0.152 e. The highest BCUT2D eigenvalue weighted by Gasteiger charge is 2.12. The molecule has 0 atom stereocenters. The van der Waals surface area contributed by atoms with Crippen LogP contribution < -0.4 is 0 Å². The largest absolute Gasteiger partial charge is 0.396 e. The predicted octanol–water partition coefficient (Wildman–Crippen LogP) is 3.71. The first kappa shape index (κ1) is 13.6. The molecule has 0 aliphatic carbocycles. The van der Waals surface area contributed by atoms with Gasteiger partial charge in [0.15, 0.2) is 5.82 Å². The molecule has 1 heterocycles. The van der Waals surface area contributed by atoms with Gasteiger partial charge >= 0.3 is 0 Å². The molecule has 4 heteroatoms. The summed E-state index contributed by atoms with van der Waals surface area (Å²) in [7, 11) is 0. The van der Waals surface area contributed by atoms with E-state index in [1.165, 1.54) is 6.07 Å². The van der Waals surface area contributed by atoms with Gasteiger partial charge in [0.25, 0.3) is 0 Å². The normalized spacial score (nSPS) is 11.0. The number of rotatable bonds is 3. The Hall–Kier alpha value is -2.33. The Balaban J connectivity index is 2.29. The van der Waals surface area contributed by atoms with Crippen LogP contribution in [0.2, 0.25) is 0 Å². The fourth-order valence-electron chi connectivity index (χ4n) is 2.40. The minimum absolute atomic E-state index is 0.0918. The first-order valence-corrected chi connectivity index (χ1v) is 6.64. The molecule has 0 spiro atoms.